The fourth-order valence-electron chi connectivity index (χ4n) is 0.289. The quantitative estimate of drug-likeness (QED) is 0.545. The Labute approximate surface area is 193 Å². The van der Waals surface area contributed by atoms with Crippen molar-refractivity contribution in [2.24, 2.45) is 5.92 Å². The van der Waals surface area contributed by atoms with Crippen LogP contribution in [-0.2, 0) is 131 Å². The molecule has 0 aliphatic carbocycles. The Kier molecular flexibility index (Phi) is 93.2. The van der Waals surface area contributed by atoms with Crippen LogP contribution in [0.3, 0.4) is 0 Å². The van der Waals surface area contributed by atoms with Gasteiger partial charge >= 0.3 is 0 Å². The van der Waals surface area contributed by atoms with E-state index >= 15 is 0 Å². The number of rotatable bonds is 3. The minimum absolute atomic E-state index is 0. The molecule has 0 aromatic rings. The predicted molar refractivity (Wildman–Crippen MR) is 50.3 cm³/mol. The predicted octanol–water partition coefficient (Wildman–Crippen LogP) is 4.24. The molecule has 14 heavy (non-hydrogen) atoms. The molecule has 0 aromatic carbocycles. The van der Waals surface area contributed by atoms with Gasteiger partial charge in [-0.2, -0.15) is 0 Å². The summed E-state index contributed by atoms with van der Waals surface area (Å²) in [6.45, 7) is 11.1. The fourth-order valence-corrected chi connectivity index (χ4v) is 0.289. The van der Waals surface area contributed by atoms with E-state index in [9.17, 15) is 0 Å². The topological polar surface area (TPSA) is 0 Å². The molecular weight excluding hydrogens is 476 g/mol. The van der Waals surface area contributed by atoms with Gasteiger partial charge in [-0.3, -0.25) is 0 Å². The zero-order valence-corrected chi connectivity index (χ0v) is 22.1. The second kappa shape index (κ2) is 36.0. The second-order valence-electron chi connectivity index (χ2n) is 2.92. The third-order valence-corrected chi connectivity index (χ3v) is 1.89. The van der Waals surface area contributed by atoms with Crippen LogP contribution in [0.15, 0.2) is 0 Å². The molecule has 0 unspecified atom stereocenters. The Balaban J connectivity index is -0.0000000185. The van der Waals surface area contributed by atoms with E-state index in [1.807, 2.05) is 0 Å². The Hall–Kier alpha value is 4.42. The summed E-state index contributed by atoms with van der Waals surface area (Å²) in [6.07, 6.45) is 5.30. The molecule has 4 heteroatoms. The van der Waals surface area contributed by atoms with Crippen molar-refractivity contribution in [3.63, 3.8) is 0 Å². The molecule has 0 nitrogen and oxygen atoms in total. The normalized spacial score (nSPS) is 6.43. The van der Waals surface area contributed by atoms with Crippen molar-refractivity contribution in [3.05, 3.63) is 0 Å². The molecule has 0 saturated carbocycles. The first-order valence-corrected chi connectivity index (χ1v) is 4.72. The van der Waals surface area contributed by atoms with Crippen LogP contribution < -0.4 is 0 Å². The number of hydrogen-bond acceptors (Lipinski definition) is 0. The van der Waals surface area contributed by atoms with Gasteiger partial charge in [-0.25, -0.2) is 0 Å². The molecule has 0 N–H and O–H groups in total. The van der Waals surface area contributed by atoms with Crippen LogP contribution >= 0.6 is 0 Å². The Morgan fingerprint density at radius 3 is 0.857 bits per heavy atom. The van der Waals surface area contributed by atoms with Crippen molar-refractivity contribution in [2.75, 3.05) is 0 Å². The van der Waals surface area contributed by atoms with E-state index in [1.54, 1.807) is 0 Å². The summed E-state index contributed by atoms with van der Waals surface area (Å²) in [5.74, 6) is 0.935. The molecule has 0 rings (SSSR count). The maximum Gasteiger partial charge on any atom is 0 e. The van der Waals surface area contributed by atoms with Crippen LogP contribution in [0.1, 0.15) is 60.3 Å². The molecule has 0 spiro atoms. The zero-order chi connectivity index (χ0) is 8.41. The molecule has 0 bridgehead atoms. The van der Waals surface area contributed by atoms with Crippen LogP contribution in [0, 0.1) is 5.92 Å². The molecular formula is C10H24Y4. The third-order valence-electron chi connectivity index (χ3n) is 1.89. The summed E-state index contributed by atoms with van der Waals surface area (Å²) in [6, 6.07) is 0. The van der Waals surface area contributed by atoms with Crippen LogP contribution in [0.2, 0.25) is 0 Å². The van der Waals surface area contributed by atoms with E-state index in [0.717, 1.165) is 5.92 Å². The van der Waals surface area contributed by atoms with Crippen LogP contribution in [0.5, 0.6) is 0 Å². The molecule has 0 heterocycles. The van der Waals surface area contributed by atoms with E-state index < -0.39 is 0 Å². The van der Waals surface area contributed by atoms with E-state index in [0.29, 0.717) is 0 Å². The first kappa shape index (κ1) is 36.2. The molecule has 0 saturated heterocycles. The molecule has 0 fully saturated rings. The minimum Gasteiger partial charge on any atom is -0.0654 e. The minimum atomic E-state index is 0. The summed E-state index contributed by atoms with van der Waals surface area (Å²) in [5.41, 5.74) is 0. The molecule has 0 aromatic heterocycles. The van der Waals surface area contributed by atoms with Gasteiger partial charge < -0.3 is 0 Å². The van der Waals surface area contributed by atoms with Crippen molar-refractivity contribution in [2.45, 2.75) is 60.3 Å². The van der Waals surface area contributed by atoms with Gasteiger partial charge in [-0.15, -0.1) is 0 Å². The van der Waals surface area contributed by atoms with Gasteiger partial charge in [0.1, 0.15) is 0 Å². The van der Waals surface area contributed by atoms with Gasteiger partial charge in [-0.1, -0.05) is 60.3 Å². The Morgan fingerprint density at radius 1 is 0.643 bits per heavy atom. The third kappa shape index (κ3) is 44.0. The van der Waals surface area contributed by atoms with E-state index in [4.69, 9.17) is 0 Å². The Morgan fingerprint density at radius 2 is 0.857 bits per heavy atom. The van der Waals surface area contributed by atoms with E-state index in [1.165, 1.54) is 25.7 Å². The SMILES string of the molecule is CCC(C)CC.CCCC.[Y].[Y].[Y].[Y]. The van der Waals surface area contributed by atoms with Crippen LogP contribution in [0.25, 0.3) is 0 Å². The van der Waals surface area contributed by atoms with Crippen molar-refractivity contribution >= 4 is 0 Å². The maximum absolute atomic E-state index is 2.28. The van der Waals surface area contributed by atoms with Crippen molar-refractivity contribution < 1.29 is 131 Å². The van der Waals surface area contributed by atoms with Crippen molar-refractivity contribution in [3.8, 4) is 0 Å². The number of unbranched alkanes of at least 4 members (excludes halogenated alkanes) is 1. The first-order valence-electron chi connectivity index (χ1n) is 4.72. The molecule has 4 radical (unpaired) electrons. The summed E-state index contributed by atoms with van der Waals surface area (Å²) in [5, 5.41) is 0. The molecule has 76 valence electrons. The maximum atomic E-state index is 2.28. The van der Waals surface area contributed by atoms with E-state index in [-0.39, 0.29) is 131 Å². The van der Waals surface area contributed by atoms with Crippen LogP contribution in [-0.4, -0.2) is 0 Å². The average molecular weight is 500 g/mol. The molecule has 0 aliphatic heterocycles. The summed E-state index contributed by atoms with van der Waals surface area (Å²) in [7, 11) is 0. The fraction of sp³-hybridized carbons (Fsp3) is 1.00. The summed E-state index contributed by atoms with van der Waals surface area (Å²) >= 11 is 0. The van der Waals surface area contributed by atoms with Gasteiger partial charge in [0, 0.05) is 131 Å². The molecule has 0 aliphatic rings. The smallest absolute Gasteiger partial charge is 0 e. The monoisotopic (exact) mass is 500 g/mol. The van der Waals surface area contributed by atoms with Crippen LogP contribution in [0.4, 0.5) is 0 Å². The first-order chi connectivity index (χ1) is 4.72. The van der Waals surface area contributed by atoms with Gasteiger partial charge in [-0.05, 0) is 5.92 Å². The summed E-state index contributed by atoms with van der Waals surface area (Å²) in [4.78, 5) is 0. The molecule has 0 amide bonds. The largest absolute Gasteiger partial charge is 0.0654 e. The Bertz CT molecular complexity index is 45.4. The van der Waals surface area contributed by atoms with E-state index in [2.05, 4.69) is 34.6 Å². The zero-order valence-electron chi connectivity index (χ0n) is 10.7. The average Bonchev–Trinajstić information content (AvgIpc) is 2.03. The van der Waals surface area contributed by atoms with Crippen molar-refractivity contribution in [1.82, 2.24) is 0 Å². The molecule has 0 atom stereocenters. The second-order valence-corrected chi connectivity index (χ2v) is 2.92. The standard InChI is InChI=1S/C6H14.C4H10.4Y/c1-4-6(3)5-2;1-3-4-2;;;;/h6H,4-5H2,1-3H3;3-4H2,1-2H3;;;;. The van der Waals surface area contributed by atoms with Gasteiger partial charge in [0.2, 0.25) is 0 Å². The summed E-state index contributed by atoms with van der Waals surface area (Å²) < 4.78 is 0. The van der Waals surface area contributed by atoms with Crippen molar-refractivity contribution in [1.29, 1.82) is 0 Å². The van der Waals surface area contributed by atoms with Gasteiger partial charge in [0.25, 0.3) is 0 Å². The number of hydrogen-bond donors (Lipinski definition) is 0. The van der Waals surface area contributed by atoms with Gasteiger partial charge in [0.15, 0.2) is 0 Å². The van der Waals surface area contributed by atoms with Gasteiger partial charge in [0.05, 0.1) is 0 Å².